The number of benzene rings is 4. The molecule has 4 aromatic carbocycles. The predicted molar refractivity (Wildman–Crippen MR) is 181 cm³/mol. The summed E-state index contributed by atoms with van der Waals surface area (Å²) in [5.74, 6) is -0.748. The Bertz CT molecular complexity index is 1700. The Morgan fingerprint density at radius 1 is 0.778 bits per heavy atom. The van der Waals surface area contributed by atoms with Crippen LogP contribution in [0.3, 0.4) is 0 Å². The molecule has 1 N–H and O–H groups in total. The number of hydrogen-bond donors (Lipinski definition) is 1. The third kappa shape index (κ3) is 8.60. The summed E-state index contributed by atoms with van der Waals surface area (Å²) >= 11 is 0. The zero-order chi connectivity index (χ0) is 32.6. The molecule has 45 heavy (non-hydrogen) atoms. The van der Waals surface area contributed by atoms with Gasteiger partial charge in [0.1, 0.15) is 12.6 Å². The van der Waals surface area contributed by atoms with Gasteiger partial charge < -0.3 is 10.2 Å². The van der Waals surface area contributed by atoms with Crippen molar-refractivity contribution in [1.82, 2.24) is 10.2 Å². The van der Waals surface area contributed by atoms with Gasteiger partial charge in [0.05, 0.1) is 10.6 Å². The van der Waals surface area contributed by atoms with Crippen molar-refractivity contribution in [2.24, 2.45) is 0 Å². The van der Waals surface area contributed by atoms with Crippen molar-refractivity contribution in [3.8, 4) is 0 Å². The molecule has 2 amide bonds. The number of carbonyl (C=O) groups excluding carboxylic acids is 2. The highest BCUT2D eigenvalue weighted by molar-refractivity contribution is 7.92. The number of carbonyl (C=O) groups is 2. The summed E-state index contributed by atoms with van der Waals surface area (Å²) in [6, 6.07) is 28.5. The SMILES string of the molecule is CCCNC(=O)[C@@H](Cc1ccccc1)N(Cc1ccccc1C)C(=O)CN(c1cc(C)cc(C)c1)S(=O)(=O)c1ccc(C)cc1. The minimum atomic E-state index is -4.15. The molecule has 0 aliphatic rings. The number of aryl methyl sites for hydroxylation is 4. The van der Waals surface area contributed by atoms with Gasteiger partial charge in [-0.25, -0.2) is 8.42 Å². The number of nitrogens with one attached hydrogen (secondary N) is 1. The fourth-order valence-electron chi connectivity index (χ4n) is 5.35. The van der Waals surface area contributed by atoms with Gasteiger partial charge in [-0.3, -0.25) is 13.9 Å². The predicted octanol–water partition coefficient (Wildman–Crippen LogP) is 6.28. The number of hydrogen-bond acceptors (Lipinski definition) is 4. The highest BCUT2D eigenvalue weighted by Gasteiger charge is 2.34. The Labute approximate surface area is 268 Å². The number of rotatable bonds is 13. The molecular weight excluding hydrogens is 582 g/mol. The normalized spacial score (nSPS) is 11.9. The second kappa shape index (κ2) is 15.0. The fraction of sp³-hybridized carbons (Fsp3) is 0.297. The van der Waals surface area contributed by atoms with E-state index in [2.05, 4.69) is 5.32 Å². The van der Waals surface area contributed by atoms with Crippen LogP contribution in [-0.2, 0) is 32.6 Å². The van der Waals surface area contributed by atoms with Crippen molar-refractivity contribution in [2.75, 3.05) is 17.4 Å². The monoisotopic (exact) mass is 625 g/mol. The van der Waals surface area contributed by atoms with Crippen LogP contribution < -0.4 is 9.62 Å². The molecule has 0 heterocycles. The van der Waals surface area contributed by atoms with Crippen LogP contribution in [0.25, 0.3) is 0 Å². The molecule has 0 spiro atoms. The van der Waals surface area contributed by atoms with Gasteiger partial charge in [0, 0.05) is 19.5 Å². The quantitative estimate of drug-likeness (QED) is 0.190. The second-order valence-electron chi connectivity index (χ2n) is 11.6. The van der Waals surface area contributed by atoms with Crippen molar-refractivity contribution in [3.05, 3.63) is 130 Å². The minimum Gasteiger partial charge on any atom is -0.354 e. The summed E-state index contributed by atoms with van der Waals surface area (Å²) in [6.45, 7) is 9.76. The van der Waals surface area contributed by atoms with Crippen molar-refractivity contribution in [1.29, 1.82) is 0 Å². The number of anilines is 1. The standard InChI is InChI=1S/C37H43N3O4S/c1-6-20-38-37(42)35(24-31-13-8-7-9-14-31)39(25-32-15-11-10-12-30(32)5)36(41)26-40(33-22-28(3)21-29(4)23-33)45(43,44)34-18-16-27(2)17-19-34/h7-19,21-23,35H,6,20,24-26H2,1-5H3,(H,38,42)/t35-/m1/s1. The lowest BCUT2D eigenvalue weighted by Gasteiger charge is -2.34. The van der Waals surface area contributed by atoms with E-state index in [9.17, 15) is 18.0 Å². The maximum absolute atomic E-state index is 14.6. The van der Waals surface area contributed by atoms with Gasteiger partial charge in [-0.1, -0.05) is 85.3 Å². The maximum atomic E-state index is 14.6. The van der Waals surface area contributed by atoms with Gasteiger partial charge in [-0.15, -0.1) is 0 Å². The van der Waals surface area contributed by atoms with E-state index in [0.29, 0.717) is 12.2 Å². The molecule has 0 aromatic heterocycles. The summed E-state index contributed by atoms with van der Waals surface area (Å²) in [4.78, 5) is 30.0. The van der Waals surface area contributed by atoms with Gasteiger partial charge in [0.25, 0.3) is 10.0 Å². The van der Waals surface area contributed by atoms with Crippen LogP contribution in [-0.4, -0.2) is 44.3 Å². The van der Waals surface area contributed by atoms with E-state index in [1.165, 1.54) is 4.31 Å². The van der Waals surface area contributed by atoms with Gasteiger partial charge in [-0.2, -0.15) is 0 Å². The summed E-state index contributed by atoms with van der Waals surface area (Å²) in [5, 5.41) is 2.99. The number of sulfonamides is 1. The van der Waals surface area contributed by atoms with E-state index < -0.39 is 28.5 Å². The summed E-state index contributed by atoms with van der Waals surface area (Å²) < 4.78 is 29.7. The molecule has 0 aliphatic heterocycles. The van der Waals surface area contributed by atoms with Crippen LogP contribution in [0.1, 0.15) is 46.7 Å². The molecule has 0 fully saturated rings. The zero-order valence-electron chi connectivity index (χ0n) is 26.8. The van der Waals surface area contributed by atoms with Gasteiger partial charge >= 0.3 is 0 Å². The zero-order valence-corrected chi connectivity index (χ0v) is 27.6. The van der Waals surface area contributed by atoms with Crippen LogP contribution in [0.5, 0.6) is 0 Å². The highest BCUT2D eigenvalue weighted by Crippen LogP contribution is 2.27. The molecule has 0 saturated carbocycles. The van der Waals surface area contributed by atoms with Gasteiger partial charge in [0.15, 0.2) is 0 Å². The molecule has 0 saturated heterocycles. The Morgan fingerprint density at radius 3 is 2.02 bits per heavy atom. The Morgan fingerprint density at radius 2 is 1.40 bits per heavy atom. The molecule has 236 valence electrons. The lowest BCUT2D eigenvalue weighted by Crippen LogP contribution is -2.53. The molecule has 0 radical (unpaired) electrons. The maximum Gasteiger partial charge on any atom is 0.264 e. The smallest absolute Gasteiger partial charge is 0.264 e. The fourth-order valence-corrected chi connectivity index (χ4v) is 6.75. The second-order valence-corrected chi connectivity index (χ2v) is 13.5. The Balaban J connectivity index is 1.83. The largest absolute Gasteiger partial charge is 0.354 e. The minimum absolute atomic E-state index is 0.0898. The molecule has 0 unspecified atom stereocenters. The summed E-state index contributed by atoms with van der Waals surface area (Å²) in [7, 11) is -4.15. The van der Waals surface area contributed by atoms with E-state index in [1.807, 2.05) is 95.3 Å². The van der Waals surface area contributed by atoms with Crippen molar-refractivity contribution < 1.29 is 18.0 Å². The molecule has 4 rings (SSSR count). The van der Waals surface area contributed by atoms with E-state index in [4.69, 9.17) is 0 Å². The average molecular weight is 626 g/mol. The molecule has 8 heteroatoms. The van der Waals surface area contributed by atoms with Gasteiger partial charge in [-0.05, 0) is 86.2 Å². The third-order valence-corrected chi connectivity index (χ3v) is 9.59. The molecule has 7 nitrogen and oxygen atoms in total. The first-order chi connectivity index (χ1) is 21.5. The van der Waals surface area contributed by atoms with Gasteiger partial charge in [0.2, 0.25) is 11.8 Å². The molecule has 0 bridgehead atoms. The Hall–Kier alpha value is -4.43. The van der Waals surface area contributed by atoms with E-state index >= 15 is 0 Å². The number of amides is 2. The summed E-state index contributed by atoms with van der Waals surface area (Å²) in [6.07, 6.45) is 1.02. The lowest BCUT2D eigenvalue weighted by molar-refractivity contribution is -0.140. The van der Waals surface area contributed by atoms with Crippen molar-refractivity contribution in [2.45, 2.75) is 64.9 Å². The molecule has 0 aliphatic carbocycles. The van der Waals surface area contributed by atoms with Crippen LogP contribution in [0.15, 0.2) is 102 Å². The third-order valence-electron chi connectivity index (χ3n) is 7.80. The van der Waals surface area contributed by atoms with E-state index in [1.54, 1.807) is 41.3 Å². The van der Waals surface area contributed by atoms with Crippen molar-refractivity contribution in [3.63, 3.8) is 0 Å². The highest BCUT2D eigenvalue weighted by atomic mass is 32.2. The first-order valence-electron chi connectivity index (χ1n) is 15.3. The van der Waals surface area contributed by atoms with Crippen LogP contribution in [0.2, 0.25) is 0 Å². The van der Waals surface area contributed by atoms with Crippen molar-refractivity contribution >= 4 is 27.5 Å². The topological polar surface area (TPSA) is 86.8 Å². The summed E-state index contributed by atoms with van der Waals surface area (Å²) in [5.41, 5.74) is 5.82. The molecule has 4 aromatic rings. The van der Waals surface area contributed by atoms with Crippen LogP contribution in [0.4, 0.5) is 5.69 Å². The first-order valence-corrected chi connectivity index (χ1v) is 16.8. The lowest BCUT2D eigenvalue weighted by atomic mass is 10.0. The van der Waals surface area contributed by atoms with E-state index in [-0.39, 0.29) is 23.8 Å². The average Bonchev–Trinajstić information content (AvgIpc) is 3.01. The Kier molecular flexibility index (Phi) is 11.2. The molecular formula is C37H43N3O4S. The van der Waals surface area contributed by atoms with Crippen LogP contribution >= 0.6 is 0 Å². The van der Waals surface area contributed by atoms with E-state index in [0.717, 1.165) is 39.8 Å². The molecule has 1 atom stereocenters. The number of nitrogens with zero attached hydrogens (tertiary/aromatic N) is 2. The first kappa shape index (κ1) is 33.5. The van der Waals surface area contributed by atoms with Crippen LogP contribution in [0, 0.1) is 27.7 Å².